The number of carbonyl (C=O) groups is 1. The minimum atomic E-state index is -0.253. The highest BCUT2D eigenvalue weighted by Gasteiger charge is 2.27. The van der Waals surface area contributed by atoms with Gasteiger partial charge in [-0.1, -0.05) is 27.2 Å². The first kappa shape index (κ1) is 13.5. The van der Waals surface area contributed by atoms with Gasteiger partial charge in [0, 0.05) is 6.04 Å². The molecule has 2 atom stereocenters. The second kappa shape index (κ2) is 5.67. The van der Waals surface area contributed by atoms with E-state index < -0.39 is 0 Å². The lowest BCUT2D eigenvalue weighted by molar-refractivity contribution is -0.117. The van der Waals surface area contributed by atoms with Crippen molar-refractivity contribution in [1.29, 1.82) is 0 Å². The molecule has 3 N–H and O–H groups in total. The van der Waals surface area contributed by atoms with Gasteiger partial charge in [0.2, 0.25) is 5.91 Å². The first-order valence-electron chi connectivity index (χ1n) is 6.41. The van der Waals surface area contributed by atoms with Crippen molar-refractivity contribution in [2.45, 2.75) is 58.9 Å². The molecule has 0 spiro atoms. The molecule has 1 saturated carbocycles. The zero-order chi connectivity index (χ0) is 12.2. The molecule has 2 unspecified atom stereocenters. The molecule has 94 valence electrons. The predicted octanol–water partition coefficient (Wildman–Crippen LogP) is 2.06. The van der Waals surface area contributed by atoms with Crippen molar-refractivity contribution in [3.05, 3.63) is 0 Å². The highest BCUT2D eigenvalue weighted by Crippen LogP contribution is 2.36. The van der Waals surface area contributed by atoms with Gasteiger partial charge >= 0.3 is 0 Å². The fraction of sp³-hybridized carbons (Fsp3) is 0.923. The summed E-state index contributed by atoms with van der Waals surface area (Å²) in [6.45, 7) is 7.31. The molecule has 1 aliphatic rings. The van der Waals surface area contributed by atoms with Crippen LogP contribution in [0.3, 0.4) is 0 Å². The van der Waals surface area contributed by atoms with Crippen LogP contribution in [0, 0.1) is 11.3 Å². The van der Waals surface area contributed by atoms with Crippen LogP contribution in [0.2, 0.25) is 0 Å². The second-order valence-corrected chi connectivity index (χ2v) is 6.12. The van der Waals surface area contributed by atoms with Gasteiger partial charge in [0.05, 0.1) is 6.54 Å². The van der Waals surface area contributed by atoms with Crippen molar-refractivity contribution >= 4 is 5.91 Å². The van der Waals surface area contributed by atoms with Gasteiger partial charge in [0.25, 0.3) is 0 Å². The van der Waals surface area contributed by atoms with Crippen LogP contribution in [-0.4, -0.2) is 18.5 Å². The maximum Gasteiger partial charge on any atom is 0.231 e. The molecule has 16 heavy (non-hydrogen) atoms. The average Bonchev–Trinajstić information content (AvgIpc) is 2.38. The van der Waals surface area contributed by atoms with Crippen LogP contribution >= 0.6 is 0 Å². The zero-order valence-corrected chi connectivity index (χ0v) is 10.9. The molecule has 0 bridgehead atoms. The van der Waals surface area contributed by atoms with Crippen molar-refractivity contribution < 1.29 is 4.79 Å². The molecule has 0 aliphatic heterocycles. The maximum absolute atomic E-state index is 10.7. The van der Waals surface area contributed by atoms with E-state index in [0.717, 1.165) is 5.92 Å². The number of carbonyl (C=O) groups excluding carboxylic acids is 1. The summed E-state index contributed by atoms with van der Waals surface area (Å²) in [4.78, 5) is 10.7. The third kappa shape index (κ3) is 4.52. The van der Waals surface area contributed by atoms with Gasteiger partial charge in [-0.25, -0.2) is 0 Å². The summed E-state index contributed by atoms with van der Waals surface area (Å²) < 4.78 is 0. The van der Waals surface area contributed by atoms with E-state index in [1.807, 2.05) is 0 Å². The third-order valence-electron chi connectivity index (χ3n) is 3.76. The first-order valence-corrected chi connectivity index (χ1v) is 6.41. The van der Waals surface area contributed by atoms with E-state index in [4.69, 9.17) is 5.73 Å². The minimum absolute atomic E-state index is 0.253. The average molecular weight is 226 g/mol. The quantitative estimate of drug-likeness (QED) is 0.724. The number of nitrogens with one attached hydrogen (secondary N) is 1. The summed E-state index contributed by atoms with van der Waals surface area (Å²) in [5, 5.41) is 3.26. The SMILES string of the molecule is CC(C)(C)C1CCCC(NCC(N)=O)CC1. The minimum Gasteiger partial charge on any atom is -0.369 e. The van der Waals surface area contributed by atoms with Crippen molar-refractivity contribution in [2.75, 3.05) is 6.54 Å². The second-order valence-electron chi connectivity index (χ2n) is 6.12. The van der Waals surface area contributed by atoms with Gasteiger partial charge in [0.15, 0.2) is 0 Å². The van der Waals surface area contributed by atoms with Gasteiger partial charge in [0.1, 0.15) is 0 Å². The van der Waals surface area contributed by atoms with Crippen LogP contribution < -0.4 is 11.1 Å². The van der Waals surface area contributed by atoms with Gasteiger partial charge < -0.3 is 11.1 Å². The van der Waals surface area contributed by atoms with E-state index in [9.17, 15) is 4.79 Å². The lowest BCUT2D eigenvalue weighted by Crippen LogP contribution is -2.36. The third-order valence-corrected chi connectivity index (χ3v) is 3.76. The molecule has 0 aromatic heterocycles. The Morgan fingerprint density at radius 2 is 1.94 bits per heavy atom. The number of nitrogens with two attached hydrogens (primary N) is 1. The van der Waals surface area contributed by atoms with Crippen LogP contribution in [0.4, 0.5) is 0 Å². The van der Waals surface area contributed by atoms with Crippen molar-refractivity contribution in [3.8, 4) is 0 Å². The Morgan fingerprint density at radius 1 is 1.25 bits per heavy atom. The van der Waals surface area contributed by atoms with Gasteiger partial charge in [-0.15, -0.1) is 0 Å². The maximum atomic E-state index is 10.7. The van der Waals surface area contributed by atoms with Gasteiger partial charge in [-0.2, -0.15) is 0 Å². The van der Waals surface area contributed by atoms with Crippen molar-refractivity contribution in [1.82, 2.24) is 5.32 Å². The molecular weight excluding hydrogens is 200 g/mol. The van der Waals surface area contributed by atoms with E-state index in [0.29, 0.717) is 18.0 Å². The van der Waals surface area contributed by atoms with E-state index in [1.165, 1.54) is 32.1 Å². The predicted molar refractivity (Wildman–Crippen MR) is 67.0 cm³/mol. The molecule has 3 nitrogen and oxygen atoms in total. The Hall–Kier alpha value is -0.570. The summed E-state index contributed by atoms with van der Waals surface area (Å²) in [5.74, 6) is 0.560. The normalized spacial score (nSPS) is 27.4. The Kier molecular flexibility index (Phi) is 4.78. The largest absolute Gasteiger partial charge is 0.369 e. The summed E-state index contributed by atoms with van der Waals surface area (Å²) in [7, 11) is 0. The summed E-state index contributed by atoms with van der Waals surface area (Å²) >= 11 is 0. The van der Waals surface area contributed by atoms with Crippen LogP contribution in [-0.2, 0) is 4.79 Å². The topological polar surface area (TPSA) is 55.1 Å². The van der Waals surface area contributed by atoms with Crippen molar-refractivity contribution in [2.24, 2.45) is 17.1 Å². The molecule has 0 saturated heterocycles. The van der Waals surface area contributed by atoms with Crippen LogP contribution in [0.5, 0.6) is 0 Å². The van der Waals surface area contributed by atoms with Crippen LogP contribution in [0.1, 0.15) is 52.9 Å². The first-order chi connectivity index (χ1) is 7.39. The number of hydrogen-bond donors (Lipinski definition) is 2. The lowest BCUT2D eigenvalue weighted by atomic mass is 9.76. The number of amides is 1. The number of rotatable bonds is 3. The number of hydrogen-bond acceptors (Lipinski definition) is 2. The van der Waals surface area contributed by atoms with Crippen molar-refractivity contribution in [3.63, 3.8) is 0 Å². The Labute approximate surface area is 99.2 Å². The molecule has 0 aromatic carbocycles. The van der Waals surface area contributed by atoms with E-state index in [1.54, 1.807) is 0 Å². The van der Waals surface area contributed by atoms with Gasteiger partial charge in [-0.3, -0.25) is 4.79 Å². The smallest absolute Gasteiger partial charge is 0.231 e. The highest BCUT2D eigenvalue weighted by molar-refractivity contribution is 5.75. The summed E-state index contributed by atoms with van der Waals surface area (Å²) in [5.41, 5.74) is 5.56. The molecule has 1 rings (SSSR count). The monoisotopic (exact) mass is 226 g/mol. The fourth-order valence-electron chi connectivity index (χ4n) is 2.62. The molecule has 0 aromatic rings. The summed E-state index contributed by atoms with van der Waals surface area (Å²) in [6.07, 6.45) is 6.20. The van der Waals surface area contributed by atoms with E-state index >= 15 is 0 Å². The molecule has 1 aliphatic carbocycles. The number of primary amides is 1. The van der Waals surface area contributed by atoms with E-state index in [-0.39, 0.29) is 5.91 Å². The molecule has 1 amide bonds. The molecular formula is C13H26N2O. The Balaban J connectivity index is 2.37. The molecule has 0 heterocycles. The molecule has 1 fully saturated rings. The van der Waals surface area contributed by atoms with Crippen LogP contribution in [0.25, 0.3) is 0 Å². The summed E-state index contributed by atoms with van der Waals surface area (Å²) in [6, 6.07) is 0.486. The van der Waals surface area contributed by atoms with Crippen LogP contribution in [0.15, 0.2) is 0 Å². The van der Waals surface area contributed by atoms with Gasteiger partial charge in [-0.05, 0) is 37.0 Å². The fourth-order valence-corrected chi connectivity index (χ4v) is 2.62. The van der Waals surface area contributed by atoms with E-state index in [2.05, 4.69) is 26.1 Å². The molecule has 0 radical (unpaired) electrons. The lowest BCUT2D eigenvalue weighted by Gasteiger charge is -2.29. The highest BCUT2D eigenvalue weighted by atomic mass is 16.1. The zero-order valence-electron chi connectivity index (χ0n) is 10.9. The Morgan fingerprint density at radius 3 is 2.50 bits per heavy atom. The Bertz CT molecular complexity index is 233. The standard InChI is InChI=1S/C13H26N2O/c1-13(2,3)10-5-4-6-11(8-7-10)15-9-12(14)16/h10-11,15H,4-9H2,1-3H3,(H2,14,16). The molecule has 3 heteroatoms.